The number of hydrogen-bond donors (Lipinski definition) is 1. The largest absolute Gasteiger partial charge is 0.485 e. The summed E-state index contributed by atoms with van der Waals surface area (Å²) in [6.07, 6.45) is -0.339. The highest BCUT2D eigenvalue weighted by molar-refractivity contribution is 6.12. The van der Waals surface area contributed by atoms with Gasteiger partial charge in [0.2, 0.25) is 0 Å². The Labute approximate surface area is 122 Å². The Hall–Kier alpha value is -2.62. The molecule has 21 heavy (non-hydrogen) atoms. The second-order valence-corrected chi connectivity index (χ2v) is 5.08. The van der Waals surface area contributed by atoms with Gasteiger partial charge in [-0.1, -0.05) is 30.3 Å². The maximum Gasteiger partial charge on any atom is 0.307 e. The number of carboxylic acids is 1. The van der Waals surface area contributed by atoms with Crippen molar-refractivity contribution >= 4 is 11.8 Å². The van der Waals surface area contributed by atoms with Crippen molar-refractivity contribution in [2.24, 2.45) is 0 Å². The molecule has 0 spiro atoms. The van der Waals surface area contributed by atoms with E-state index in [1.807, 2.05) is 25.1 Å². The number of benzene rings is 2. The van der Waals surface area contributed by atoms with E-state index in [0.717, 1.165) is 5.56 Å². The fourth-order valence-corrected chi connectivity index (χ4v) is 2.60. The van der Waals surface area contributed by atoms with E-state index in [1.165, 1.54) is 0 Å². The highest BCUT2D eigenvalue weighted by atomic mass is 16.5. The monoisotopic (exact) mass is 282 g/mol. The number of aliphatic carboxylic acids is 1. The molecule has 3 rings (SSSR count). The predicted molar refractivity (Wildman–Crippen MR) is 76.7 cm³/mol. The van der Waals surface area contributed by atoms with Gasteiger partial charge in [0.1, 0.15) is 11.9 Å². The van der Waals surface area contributed by atoms with E-state index < -0.39 is 5.97 Å². The Balaban J connectivity index is 2.13. The Bertz CT molecular complexity index is 733. The van der Waals surface area contributed by atoms with Crippen molar-refractivity contribution in [2.45, 2.75) is 19.4 Å². The number of carbonyl (C=O) groups is 2. The smallest absolute Gasteiger partial charge is 0.307 e. The molecule has 4 heteroatoms. The summed E-state index contributed by atoms with van der Waals surface area (Å²) in [5.41, 5.74) is 2.46. The van der Waals surface area contributed by atoms with Crippen LogP contribution >= 0.6 is 0 Å². The van der Waals surface area contributed by atoms with Crippen LogP contribution in [0.3, 0.4) is 0 Å². The van der Waals surface area contributed by atoms with Crippen LogP contribution in [0.1, 0.15) is 40.1 Å². The highest BCUT2D eigenvalue weighted by Gasteiger charge is 2.26. The Morgan fingerprint density at radius 2 is 1.95 bits per heavy atom. The zero-order valence-electron chi connectivity index (χ0n) is 11.5. The molecule has 0 saturated carbocycles. The molecular formula is C17H14O4. The summed E-state index contributed by atoms with van der Waals surface area (Å²) >= 11 is 0. The molecule has 0 aromatic heterocycles. The number of rotatable bonds is 2. The van der Waals surface area contributed by atoms with Gasteiger partial charge in [-0.25, -0.2) is 0 Å². The van der Waals surface area contributed by atoms with Crippen molar-refractivity contribution in [1.82, 2.24) is 0 Å². The lowest BCUT2D eigenvalue weighted by molar-refractivity contribution is -0.136. The third-order valence-electron chi connectivity index (χ3n) is 3.59. The van der Waals surface area contributed by atoms with Crippen LogP contribution in [-0.2, 0) is 11.2 Å². The van der Waals surface area contributed by atoms with Crippen LogP contribution < -0.4 is 4.74 Å². The highest BCUT2D eigenvalue weighted by Crippen LogP contribution is 2.34. The van der Waals surface area contributed by atoms with E-state index in [4.69, 9.17) is 9.84 Å². The molecule has 1 aliphatic rings. The topological polar surface area (TPSA) is 63.6 Å². The van der Waals surface area contributed by atoms with Crippen LogP contribution in [0.15, 0.2) is 42.5 Å². The predicted octanol–water partition coefficient (Wildman–Crippen LogP) is 3.00. The third-order valence-corrected chi connectivity index (χ3v) is 3.59. The van der Waals surface area contributed by atoms with Crippen molar-refractivity contribution in [2.75, 3.05) is 0 Å². The van der Waals surface area contributed by atoms with E-state index >= 15 is 0 Å². The van der Waals surface area contributed by atoms with Crippen molar-refractivity contribution < 1.29 is 19.4 Å². The van der Waals surface area contributed by atoms with Gasteiger partial charge in [0.05, 0.1) is 12.0 Å². The van der Waals surface area contributed by atoms with Crippen molar-refractivity contribution in [3.05, 3.63) is 64.7 Å². The number of hydrogen-bond acceptors (Lipinski definition) is 3. The molecule has 2 aromatic rings. The summed E-state index contributed by atoms with van der Waals surface area (Å²) in [6, 6.07) is 12.3. The number of ketones is 1. The molecule has 0 fully saturated rings. The normalized spacial score (nSPS) is 16.4. The fraction of sp³-hybridized carbons (Fsp3) is 0.176. The van der Waals surface area contributed by atoms with Crippen molar-refractivity contribution in [1.29, 1.82) is 0 Å². The van der Waals surface area contributed by atoms with E-state index in [-0.39, 0.29) is 18.3 Å². The average Bonchev–Trinajstić information content (AvgIpc) is 2.56. The van der Waals surface area contributed by atoms with Gasteiger partial charge in [-0.3, -0.25) is 9.59 Å². The summed E-state index contributed by atoms with van der Waals surface area (Å²) in [5.74, 6) is -0.555. The summed E-state index contributed by atoms with van der Waals surface area (Å²) in [7, 11) is 0. The first-order valence-corrected chi connectivity index (χ1v) is 6.71. The second-order valence-electron chi connectivity index (χ2n) is 5.08. The second kappa shape index (κ2) is 5.05. The van der Waals surface area contributed by atoms with Crippen LogP contribution in [0.25, 0.3) is 0 Å². The quantitative estimate of drug-likeness (QED) is 0.919. The van der Waals surface area contributed by atoms with Gasteiger partial charge >= 0.3 is 5.97 Å². The maximum absolute atomic E-state index is 12.7. The zero-order chi connectivity index (χ0) is 15.0. The number of ether oxygens (including phenoxy) is 1. The van der Waals surface area contributed by atoms with Crippen LogP contribution in [0, 0.1) is 0 Å². The average molecular weight is 282 g/mol. The van der Waals surface area contributed by atoms with Gasteiger partial charge in [-0.05, 0) is 24.6 Å². The fourth-order valence-electron chi connectivity index (χ4n) is 2.60. The van der Waals surface area contributed by atoms with Gasteiger partial charge < -0.3 is 9.84 Å². The lowest BCUT2D eigenvalue weighted by atomic mass is 9.95. The van der Waals surface area contributed by atoms with Crippen molar-refractivity contribution in [3.63, 3.8) is 0 Å². The Kier molecular flexibility index (Phi) is 3.22. The number of fused-ring (bicyclic) bond motifs is 2. The first-order chi connectivity index (χ1) is 10.1. The maximum atomic E-state index is 12.7. The molecule has 1 atom stereocenters. The molecule has 0 aliphatic carbocycles. The minimum atomic E-state index is -0.925. The molecule has 106 valence electrons. The third kappa shape index (κ3) is 2.40. The lowest BCUT2D eigenvalue weighted by Gasteiger charge is -2.14. The Morgan fingerprint density at radius 3 is 2.71 bits per heavy atom. The molecule has 1 aliphatic heterocycles. The summed E-state index contributed by atoms with van der Waals surface area (Å²) in [4.78, 5) is 23.5. The van der Waals surface area contributed by atoms with Crippen LogP contribution in [0.4, 0.5) is 0 Å². The van der Waals surface area contributed by atoms with Crippen LogP contribution in [0.2, 0.25) is 0 Å². The number of carboxylic acid groups (broad SMARTS) is 1. The first-order valence-electron chi connectivity index (χ1n) is 6.71. The summed E-state index contributed by atoms with van der Waals surface area (Å²) < 4.78 is 5.85. The minimum absolute atomic E-state index is 0.113. The van der Waals surface area contributed by atoms with Crippen LogP contribution in [0.5, 0.6) is 5.75 Å². The molecule has 0 radical (unpaired) electrons. The van der Waals surface area contributed by atoms with E-state index in [9.17, 15) is 9.59 Å². The van der Waals surface area contributed by atoms with Gasteiger partial charge in [0.15, 0.2) is 5.78 Å². The van der Waals surface area contributed by atoms with Gasteiger partial charge in [-0.2, -0.15) is 0 Å². The zero-order valence-corrected chi connectivity index (χ0v) is 11.5. The van der Waals surface area contributed by atoms with E-state index in [0.29, 0.717) is 22.4 Å². The molecule has 0 saturated heterocycles. The van der Waals surface area contributed by atoms with Crippen molar-refractivity contribution in [3.8, 4) is 5.75 Å². The standard InChI is InChI=1S/C17H14O4/c1-10-12-4-2-3-5-13(12)17(20)14-8-11(9-16(18)19)6-7-15(14)21-10/h2-8,10H,9H2,1H3,(H,18,19). The van der Waals surface area contributed by atoms with E-state index in [1.54, 1.807) is 24.3 Å². The molecule has 4 nitrogen and oxygen atoms in total. The summed E-state index contributed by atoms with van der Waals surface area (Å²) in [6.45, 7) is 1.90. The SMILES string of the molecule is CC1Oc2ccc(CC(=O)O)cc2C(=O)c2ccccc21. The van der Waals surface area contributed by atoms with Gasteiger partial charge in [0.25, 0.3) is 0 Å². The molecule has 1 N–H and O–H groups in total. The molecule has 1 heterocycles. The Morgan fingerprint density at radius 1 is 1.19 bits per heavy atom. The van der Waals surface area contributed by atoms with Crippen LogP contribution in [-0.4, -0.2) is 16.9 Å². The first kappa shape index (κ1) is 13.4. The minimum Gasteiger partial charge on any atom is -0.485 e. The molecule has 2 aromatic carbocycles. The lowest BCUT2D eigenvalue weighted by Crippen LogP contribution is -2.05. The van der Waals surface area contributed by atoms with Gasteiger partial charge in [-0.15, -0.1) is 0 Å². The number of carbonyl (C=O) groups excluding carboxylic acids is 1. The molecular weight excluding hydrogens is 268 g/mol. The van der Waals surface area contributed by atoms with E-state index in [2.05, 4.69) is 0 Å². The van der Waals surface area contributed by atoms with Gasteiger partial charge in [0, 0.05) is 11.1 Å². The molecule has 0 amide bonds. The molecule has 0 bridgehead atoms. The summed E-state index contributed by atoms with van der Waals surface area (Å²) in [5, 5.41) is 8.88. The molecule has 1 unspecified atom stereocenters.